The van der Waals surface area contributed by atoms with E-state index in [-0.39, 0.29) is 18.6 Å². The molecule has 2 amide bonds. The number of hydrogen-bond donors (Lipinski definition) is 4. The monoisotopic (exact) mass is 448 g/mol. The molecule has 170 valence electrons. The van der Waals surface area contributed by atoms with Crippen LogP contribution in [0.2, 0.25) is 0 Å². The van der Waals surface area contributed by atoms with Crippen LogP contribution in [0.3, 0.4) is 0 Å². The van der Waals surface area contributed by atoms with Gasteiger partial charge in [0.05, 0.1) is 16.9 Å². The average Bonchev–Trinajstić information content (AvgIpc) is 2.83. The summed E-state index contributed by atoms with van der Waals surface area (Å²) in [6, 6.07) is 7.27. The summed E-state index contributed by atoms with van der Waals surface area (Å²) in [6.45, 7) is 0.507. The highest BCUT2D eigenvalue weighted by Crippen LogP contribution is 2.31. The van der Waals surface area contributed by atoms with Gasteiger partial charge in [0.1, 0.15) is 5.60 Å². The van der Waals surface area contributed by atoms with Gasteiger partial charge in [0.25, 0.3) is 11.8 Å². The number of nitrogens with zero attached hydrogens (tertiary/aromatic N) is 3. The predicted molar refractivity (Wildman–Crippen MR) is 121 cm³/mol. The fourth-order valence-electron chi connectivity index (χ4n) is 4.21. The topological polar surface area (TPSA) is 138 Å². The summed E-state index contributed by atoms with van der Waals surface area (Å²) in [7, 11) is 0. The van der Waals surface area contributed by atoms with Gasteiger partial charge in [-0.05, 0) is 49.9 Å². The van der Waals surface area contributed by atoms with E-state index >= 15 is 0 Å². The lowest BCUT2D eigenvalue weighted by atomic mass is 9.81. The van der Waals surface area contributed by atoms with Gasteiger partial charge in [-0.25, -0.2) is 4.98 Å². The lowest BCUT2D eigenvalue weighted by molar-refractivity contribution is -0.137. The molecule has 10 heteroatoms. The molecule has 4 N–H and O–H groups in total. The Balaban J connectivity index is 1.17. The average molecular weight is 448 g/mol. The highest BCUT2D eigenvalue weighted by atomic mass is 16.5. The van der Waals surface area contributed by atoms with Crippen LogP contribution < -0.4 is 20.7 Å². The van der Waals surface area contributed by atoms with E-state index in [0.29, 0.717) is 49.5 Å². The Morgan fingerprint density at radius 2 is 2.06 bits per heavy atom. The van der Waals surface area contributed by atoms with Gasteiger partial charge in [0, 0.05) is 36.6 Å². The van der Waals surface area contributed by atoms with Gasteiger partial charge in [-0.1, -0.05) is 0 Å². The van der Waals surface area contributed by atoms with Gasteiger partial charge in [-0.3, -0.25) is 19.6 Å². The van der Waals surface area contributed by atoms with Crippen LogP contribution >= 0.6 is 0 Å². The van der Waals surface area contributed by atoms with E-state index in [1.54, 1.807) is 36.8 Å². The number of carbonyl (C=O) groups is 2. The lowest BCUT2D eigenvalue weighted by Crippen LogP contribution is -2.48. The van der Waals surface area contributed by atoms with Crippen molar-refractivity contribution in [1.82, 2.24) is 20.3 Å². The first-order valence-corrected chi connectivity index (χ1v) is 10.9. The van der Waals surface area contributed by atoms with Gasteiger partial charge in [-0.2, -0.15) is 0 Å². The van der Waals surface area contributed by atoms with Crippen molar-refractivity contribution >= 4 is 34.2 Å². The van der Waals surface area contributed by atoms with E-state index in [9.17, 15) is 14.7 Å². The Morgan fingerprint density at radius 1 is 1.21 bits per heavy atom. The van der Waals surface area contributed by atoms with E-state index in [1.165, 1.54) is 0 Å². The second-order valence-electron chi connectivity index (χ2n) is 8.38. The summed E-state index contributed by atoms with van der Waals surface area (Å²) in [5.41, 5.74) is 0.657. The van der Waals surface area contributed by atoms with Crippen LogP contribution in [-0.2, 0) is 16.1 Å². The highest BCUT2D eigenvalue weighted by molar-refractivity contribution is 6.03. The zero-order valence-corrected chi connectivity index (χ0v) is 17.9. The Morgan fingerprint density at radius 3 is 2.91 bits per heavy atom. The molecule has 0 aromatic carbocycles. The summed E-state index contributed by atoms with van der Waals surface area (Å²) in [5.74, 6) is 0.356. The smallest absolute Gasteiger partial charge is 0.263 e. The van der Waals surface area contributed by atoms with Crippen LogP contribution in [0.5, 0.6) is 5.75 Å². The standard InChI is InChI=1S/C23H24N6O4/c30-20-13-33-19-2-1-15(27-21(19)29-20)11-26-14-3-7-23(32,8-4-14)22(31)28-18-6-10-25-17-5-9-24-12-16(17)18/h1-2,5-6,9-10,12,14,26,32H,3-4,7-8,11,13H2,(H,25,28,31)(H,27,29,30). The molecule has 0 atom stereocenters. The third-order valence-corrected chi connectivity index (χ3v) is 6.13. The molecule has 0 radical (unpaired) electrons. The van der Waals surface area contributed by atoms with Crippen molar-refractivity contribution in [3.05, 3.63) is 48.5 Å². The van der Waals surface area contributed by atoms with Crippen LogP contribution in [0.25, 0.3) is 10.9 Å². The van der Waals surface area contributed by atoms with E-state index in [2.05, 4.69) is 30.9 Å². The van der Waals surface area contributed by atoms with Crippen molar-refractivity contribution in [3.8, 4) is 5.75 Å². The van der Waals surface area contributed by atoms with Gasteiger partial charge in [0.15, 0.2) is 18.2 Å². The molecular formula is C23H24N6O4. The maximum Gasteiger partial charge on any atom is 0.263 e. The molecule has 0 spiro atoms. The highest BCUT2D eigenvalue weighted by Gasteiger charge is 2.40. The second-order valence-corrected chi connectivity index (χ2v) is 8.38. The van der Waals surface area contributed by atoms with Crippen LogP contribution in [0.4, 0.5) is 11.5 Å². The quantitative estimate of drug-likeness (QED) is 0.463. The minimum absolute atomic E-state index is 0.000881. The molecule has 1 saturated carbocycles. The van der Waals surface area contributed by atoms with Crippen molar-refractivity contribution in [2.45, 2.75) is 43.9 Å². The predicted octanol–water partition coefficient (Wildman–Crippen LogP) is 1.76. The van der Waals surface area contributed by atoms with Crippen LogP contribution in [0.15, 0.2) is 42.9 Å². The SMILES string of the molecule is O=C1COc2ccc(CNC3CCC(O)(C(=O)Nc4ccnc5ccncc45)CC3)nc2N1. The minimum Gasteiger partial charge on any atom is -0.480 e. The Hall–Kier alpha value is -3.63. The van der Waals surface area contributed by atoms with Crippen molar-refractivity contribution in [2.24, 2.45) is 0 Å². The normalized spacial score (nSPS) is 22.2. The zero-order valence-electron chi connectivity index (χ0n) is 17.9. The maximum absolute atomic E-state index is 12.9. The zero-order chi connectivity index (χ0) is 22.8. The van der Waals surface area contributed by atoms with Gasteiger partial charge < -0.3 is 25.8 Å². The molecule has 1 fully saturated rings. The van der Waals surface area contributed by atoms with E-state index in [1.807, 2.05) is 6.07 Å². The summed E-state index contributed by atoms with van der Waals surface area (Å²) in [6.07, 6.45) is 6.90. The first-order valence-electron chi connectivity index (χ1n) is 10.9. The van der Waals surface area contributed by atoms with Crippen molar-refractivity contribution in [3.63, 3.8) is 0 Å². The molecule has 0 saturated heterocycles. The number of nitrogens with one attached hydrogen (secondary N) is 3. The number of carbonyl (C=O) groups excluding carboxylic acids is 2. The fourth-order valence-corrected chi connectivity index (χ4v) is 4.21. The van der Waals surface area contributed by atoms with E-state index in [0.717, 1.165) is 16.6 Å². The molecule has 4 heterocycles. The molecule has 0 bridgehead atoms. The third kappa shape index (κ3) is 4.48. The number of aromatic nitrogens is 3. The molecule has 5 rings (SSSR count). The number of ether oxygens (including phenoxy) is 1. The minimum atomic E-state index is -1.43. The third-order valence-electron chi connectivity index (χ3n) is 6.13. The molecule has 33 heavy (non-hydrogen) atoms. The number of amides is 2. The number of anilines is 2. The summed E-state index contributed by atoms with van der Waals surface area (Å²) in [4.78, 5) is 37.2. The van der Waals surface area contributed by atoms with Crippen molar-refractivity contribution in [2.75, 3.05) is 17.2 Å². The maximum atomic E-state index is 12.9. The number of rotatable bonds is 5. The van der Waals surface area contributed by atoms with Crippen LogP contribution in [0.1, 0.15) is 31.4 Å². The van der Waals surface area contributed by atoms with Crippen LogP contribution in [-0.4, -0.2) is 50.1 Å². The Kier molecular flexibility index (Phi) is 5.61. The summed E-state index contributed by atoms with van der Waals surface area (Å²) in [5, 5.41) is 20.7. The summed E-state index contributed by atoms with van der Waals surface area (Å²) >= 11 is 0. The van der Waals surface area contributed by atoms with E-state index < -0.39 is 11.5 Å². The van der Waals surface area contributed by atoms with Crippen LogP contribution in [0, 0.1) is 0 Å². The summed E-state index contributed by atoms with van der Waals surface area (Å²) < 4.78 is 5.33. The Bertz CT molecular complexity index is 1200. The molecule has 1 aliphatic carbocycles. The Labute approximate surface area is 189 Å². The molecule has 3 aromatic heterocycles. The van der Waals surface area contributed by atoms with Crippen molar-refractivity contribution < 1.29 is 19.4 Å². The van der Waals surface area contributed by atoms with Gasteiger partial charge >= 0.3 is 0 Å². The molecule has 2 aliphatic rings. The number of hydrogen-bond acceptors (Lipinski definition) is 8. The number of pyridine rings is 3. The van der Waals surface area contributed by atoms with Crippen molar-refractivity contribution in [1.29, 1.82) is 0 Å². The molecule has 0 unspecified atom stereocenters. The van der Waals surface area contributed by atoms with Gasteiger partial charge in [0.2, 0.25) is 0 Å². The fraction of sp³-hybridized carbons (Fsp3) is 0.348. The first kappa shape index (κ1) is 21.2. The molecule has 10 nitrogen and oxygen atoms in total. The second kappa shape index (κ2) is 8.72. The molecule has 3 aromatic rings. The van der Waals surface area contributed by atoms with E-state index in [4.69, 9.17) is 4.74 Å². The first-order chi connectivity index (χ1) is 16.0. The number of fused-ring (bicyclic) bond motifs is 2. The number of aliphatic hydroxyl groups is 1. The molecule has 1 aliphatic heterocycles. The lowest BCUT2D eigenvalue weighted by Gasteiger charge is -2.35. The van der Waals surface area contributed by atoms with Gasteiger partial charge in [-0.15, -0.1) is 0 Å². The molecular weight excluding hydrogens is 424 g/mol. The largest absolute Gasteiger partial charge is 0.480 e.